The summed E-state index contributed by atoms with van der Waals surface area (Å²) in [5.41, 5.74) is 0. The van der Waals surface area contributed by atoms with E-state index in [0.717, 1.165) is 24.2 Å². The lowest BCUT2D eigenvalue weighted by molar-refractivity contribution is 0.321. The highest BCUT2D eigenvalue weighted by Gasteiger charge is 2.30. The maximum atomic E-state index is 14.1. The summed E-state index contributed by atoms with van der Waals surface area (Å²) in [7, 11) is -3.78. The maximum Gasteiger partial charge on any atom is 0.243 e. The zero-order chi connectivity index (χ0) is 21.0. The molecular weight excluding hydrogens is 397 g/mol. The number of halogens is 1. The van der Waals surface area contributed by atoms with Gasteiger partial charge < -0.3 is 15.0 Å². The summed E-state index contributed by atoms with van der Waals surface area (Å²) in [5.74, 6) is 1.52. The molecular formula is C19H26FN5O3S. The number of rotatable bonds is 7. The summed E-state index contributed by atoms with van der Waals surface area (Å²) >= 11 is 0. The molecule has 0 unspecified atom stereocenters. The van der Waals surface area contributed by atoms with Gasteiger partial charge in [-0.15, -0.1) is 0 Å². The highest BCUT2D eigenvalue weighted by molar-refractivity contribution is 7.89. The van der Waals surface area contributed by atoms with E-state index in [2.05, 4.69) is 15.3 Å². The van der Waals surface area contributed by atoms with Crippen LogP contribution in [0.25, 0.3) is 0 Å². The minimum atomic E-state index is -3.78. The van der Waals surface area contributed by atoms with E-state index >= 15 is 0 Å². The summed E-state index contributed by atoms with van der Waals surface area (Å²) in [6, 6.07) is 5.62. The van der Waals surface area contributed by atoms with Crippen LogP contribution in [0.1, 0.15) is 19.7 Å². The molecule has 0 saturated carbocycles. The fourth-order valence-electron chi connectivity index (χ4n) is 3.21. The molecule has 1 saturated heterocycles. The Morgan fingerprint density at radius 2 is 1.86 bits per heavy atom. The lowest BCUT2D eigenvalue weighted by atomic mass is 10.3. The van der Waals surface area contributed by atoms with Crippen LogP contribution in [0.2, 0.25) is 0 Å². The van der Waals surface area contributed by atoms with Crippen LogP contribution in [0.5, 0.6) is 5.75 Å². The largest absolute Gasteiger partial charge is 0.491 e. The van der Waals surface area contributed by atoms with E-state index in [9.17, 15) is 12.8 Å². The van der Waals surface area contributed by atoms with Crippen LogP contribution in [-0.2, 0) is 10.0 Å². The SMILES string of the molecule is CCNc1cc(N2CCN(S(=O)(=O)c3ccc(OCC)c(F)c3)CC2)nc(C)n1. The molecule has 1 aliphatic heterocycles. The van der Waals surface area contributed by atoms with Gasteiger partial charge in [0.05, 0.1) is 11.5 Å². The number of anilines is 2. The van der Waals surface area contributed by atoms with Crippen molar-refractivity contribution in [1.29, 1.82) is 0 Å². The molecule has 1 aliphatic rings. The van der Waals surface area contributed by atoms with Crippen molar-refractivity contribution in [3.63, 3.8) is 0 Å². The van der Waals surface area contributed by atoms with E-state index < -0.39 is 15.8 Å². The van der Waals surface area contributed by atoms with Gasteiger partial charge in [0.1, 0.15) is 17.5 Å². The van der Waals surface area contributed by atoms with E-state index in [-0.39, 0.29) is 23.7 Å². The van der Waals surface area contributed by atoms with Crippen molar-refractivity contribution in [3.8, 4) is 5.75 Å². The Hall–Kier alpha value is -2.46. The monoisotopic (exact) mass is 423 g/mol. The topological polar surface area (TPSA) is 87.7 Å². The van der Waals surface area contributed by atoms with E-state index in [1.807, 2.05) is 24.8 Å². The number of nitrogens with one attached hydrogen (secondary N) is 1. The first kappa shape index (κ1) is 21.3. The fraction of sp³-hybridized carbons (Fsp3) is 0.474. The molecule has 0 amide bonds. The summed E-state index contributed by atoms with van der Waals surface area (Å²) in [4.78, 5) is 10.8. The second kappa shape index (κ2) is 8.91. The van der Waals surface area contributed by atoms with Crippen LogP contribution < -0.4 is 15.0 Å². The molecule has 2 heterocycles. The molecule has 0 bridgehead atoms. The number of ether oxygens (including phenoxy) is 1. The normalized spacial score (nSPS) is 15.4. The van der Waals surface area contributed by atoms with Gasteiger partial charge in [-0.2, -0.15) is 4.31 Å². The van der Waals surface area contributed by atoms with Gasteiger partial charge in [0, 0.05) is 38.8 Å². The minimum Gasteiger partial charge on any atom is -0.491 e. The predicted molar refractivity (Wildman–Crippen MR) is 109 cm³/mol. The summed E-state index contributed by atoms with van der Waals surface area (Å²) in [6.45, 7) is 8.17. The molecule has 3 rings (SSSR count). The highest BCUT2D eigenvalue weighted by atomic mass is 32.2. The van der Waals surface area contributed by atoms with Gasteiger partial charge in [-0.3, -0.25) is 0 Å². The number of sulfonamides is 1. The van der Waals surface area contributed by atoms with E-state index in [1.54, 1.807) is 6.92 Å². The lowest BCUT2D eigenvalue weighted by Crippen LogP contribution is -2.49. The van der Waals surface area contributed by atoms with Gasteiger partial charge in [-0.05, 0) is 39.0 Å². The Bertz CT molecular complexity index is 962. The molecule has 0 radical (unpaired) electrons. The van der Waals surface area contributed by atoms with Crippen LogP contribution in [-0.4, -0.2) is 62.0 Å². The van der Waals surface area contributed by atoms with Gasteiger partial charge in [-0.25, -0.2) is 22.8 Å². The second-order valence-corrected chi connectivity index (χ2v) is 8.54. The first-order valence-corrected chi connectivity index (χ1v) is 11.1. The zero-order valence-electron chi connectivity index (χ0n) is 16.9. The number of nitrogens with zero attached hydrogens (tertiary/aromatic N) is 4. The van der Waals surface area contributed by atoms with Gasteiger partial charge in [0.15, 0.2) is 11.6 Å². The molecule has 1 fully saturated rings. The van der Waals surface area contributed by atoms with Crippen LogP contribution in [0.4, 0.5) is 16.0 Å². The number of aryl methyl sites for hydroxylation is 1. The van der Waals surface area contributed by atoms with Crippen molar-refractivity contribution in [2.45, 2.75) is 25.7 Å². The number of hydrogen-bond acceptors (Lipinski definition) is 7. The molecule has 8 nitrogen and oxygen atoms in total. The van der Waals surface area contributed by atoms with Gasteiger partial charge >= 0.3 is 0 Å². The van der Waals surface area contributed by atoms with Crippen molar-refractivity contribution >= 4 is 21.7 Å². The van der Waals surface area contributed by atoms with Crippen LogP contribution in [0, 0.1) is 12.7 Å². The quantitative estimate of drug-likeness (QED) is 0.731. The van der Waals surface area contributed by atoms with Crippen LogP contribution in [0.3, 0.4) is 0 Å². The third kappa shape index (κ3) is 4.76. The minimum absolute atomic E-state index is 0.0480. The molecule has 29 heavy (non-hydrogen) atoms. The number of benzene rings is 1. The smallest absolute Gasteiger partial charge is 0.243 e. The van der Waals surface area contributed by atoms with Crippen LogP contribution in [0.15, 0.2) is 29.2 Å². The summed E-state index contributed by atoms with van der Waals surface area (Å²) in [6.07, 6.45) is 0. The van der Waals surface area contributed by atoms with E-state index in [1.165, 1.54) is 16.4 Å². The third-order valence-corrected chi connectivity index (χ3v) is 6.48. The Kier molecular flexibility index (Phi) is 6.53. The fourth-order valence-corrected chi connectivity index (χ4v) is 4.64. The standard InChI is InChI=1S/C19H26FN5O3S/c1-4-21-18-13-19(23-14(3)22-18)24-8-10-25(11-9-24)29(26,27)15-6-7-17(28-5-2)16(20)12-15/h6-7,12-13H,4-5,8-11H2,1-3H3,(H,21,22,23). The zero-order valence-corrected chi connectivity index (χ0v) is 17.7. The first-order chi connectivity index (χ1) is 13.8. The Morgan fingerprint density at radius 1 is 1.14 bits per heavy atom. The van der Waals surface area contributed by atoms with Gasteiger partial charge in [0.2, 0.25) is 10.0 Å². The number of hydrogen-bond donors (Lipinski definition) is 1. The van der Waals surface area contributed by atoms with Crippen LogP contribution >= 0.6 is 0 Å². The van der Waals surface area contributed by atoms with Crippen molar-refractivity contribution in [1.82, 2.24) is 14.3 Å². The molecule has 1 aromatic heterocycles. The van der Waals surface area contributed by atoms with Crippen molar-refractivity contribution in [2.75, 3.05) is 49.5 Å². The lowest BCUT2D eigenvalue weighted by Gasteiger charge is -2.34. The highest BCUT2D eigenvalue weighted by Crippen LogP contribution is 2.25. The molecule has 1 aromatic carbocycles. The van der Waals surface area contributed by atoms with Gasteiger partial charge in [0.25, 0.3) is 0 Å². The first-order valence-electron chi connectivity index (χ1n) is 9.62. The molecule has 10 heteroatoms. The molecule has 158 valence electrons. The van der Waals surface area contributed by atoms with Crippen molar-refractivity contribution in [2.24, 2.45) is 0 Å². The van der Waals surface area contributed by atoms with Crippen molar-refractivity contribution < 1.29 is 17.5 Å². The molecule has 2 aromatic rings. The molecule has 0 aliphatic carbocycles. The average molecular weight is 424 g/mol. The molecule has 0 spiro atoms. The molecule has 1 N–H and O–H groups in total. The van der Waals surface area contributed by atoms with E-state index in [0.29, 0.717) is 25.5 Å². The number of aromatic nitrogens is 2. The summed E-state index contributed by atoms with van der Waals surface area (Å²) < 4.78 is 46.5. The van der Waals surface area contributed by atoms with Crippen molar-refractivity contribution in [3.05, 3.63) is 35.9 Å². The summed E-state index contributed by atoms with van der Waals surface area (Å²) in [5, 5.41) is 3.17. The second-order valence-electron chi connectivity index (χ2n) is 6.61. The Morgan fingerprint density at radius 3 is 2.48 bits per heavy atom. The number of piperazine rings is 1. The third-order valence-electron chi connectivity index (χ3n) is 4.59. The van der Waals surface area contributed by atoms with E-state index in [4.69, 9.17) is 4.74 Å². The Labute approximate surface area is 170 Å². The molecule has 0 atom stereocenters. The van der Waals surface area contributed by atoms with Gasteiger partial charge in [-0.1, -0.05) is 0 Å². The average Bonchev–Trinajstić information content (AvgIpc) is 2.69. The predicted octanol–water partition coefficient (Wildman–Crippen LogP) is 2.27. The Balaban J connectivity index is 1.72. The maximum absolute atomic E-state index is 14.1.